The third-order valence-electron chi connectivity index (χ3n) is 3.45. The number of carbonyl (C=O) groups is 1. The first-order valence-corrected chi connectivity index (χ1v) is 6.80. The minimum Gasteiger partial charge on any atom is -0.352 e. The molecule has 0 aliphatic heterocycles. The zero-order valence-electron chi connectivity index (χ0n) is 10.6. The van der Waals surface area contributed by atoms with Gasteiger partial charge in [-0.05, 0) is 36.2 Å². The summed E-state index contributed by atoms with van der Waals surface area (Å²) in [5.41, 5.74) is 1.39. The lowest BCUT2D eigenvalue weighted by molar-refractivity contribution is 0.0949. The molecule has 1 amide bonds. The summed E-state index contributed by atoms with van der Waals surface area (Å²) in [5, 5.41) is 2.93. The molecule has 3 nitrogen and oxygen atoms in total. The second kappa shape index (κ2) is 5.17. The van der Waals surface area contributed by atoms with Crippen molar-refractivity contribution in [1.29, 1.82) is 0 Å². The molecule has 0 radical (unpaired) electrons. The molecule has 2 N–H and O–H groups in total. The summed E-state index contributed by atoms with van der Waals surface area (Å²) in [4.78, 5) is 14.9. The highest BCUT2D eigenvalue weighted by atomic mass is 32.1. The molecule has 1 aromatic heterocycles. The van der Waals surface area contributed by atoms with Crippen molar-refractivity contribution in [2.75, 3.05) is 0 Å². The van der Waals surface area contributed by atoms with Gasteiger partial charge in [0.1, 0.15) is 10.5 Å². The number of H-pyrrole nitrogens is 1. The maximum Gasteiger partial charge on any atom is 0.254 e. The molecule has 1 saturated carbocycles. The largest absolute Gasteiger partial charge is 0.352 e. The average Bonchev–Trinajstić information content (AvgIpc) is 3.18. The van der Waals surface area contributed by atoms with Crippen molar-refractivity contribution in [3.8, 4) is 0 Å². The predicted molar refractivity (Wildman–Crippen MR) is 76.6 cm³/mol. The van der Waals surface area contributed by atoms with Gasteiger partial charge in [-0.15, -0.1) is 0 Å². The molecule has 1 aliphatic carbocycles. The lowest BCUT2D eigenvalue weighted by Gasteiger charge is -2.05. The Morgan fingerprint density at radius 1 is 1.35 bits per heavy atom. The van der Waals surface area contributed by atoms with Gasteiger partial charge in [0.15, 0.2) is 0 Å². The molecule has 0 unspecified atom stereocenters. The Kier molecular flexibility index (Phi) is 3.36. The summed E-state index contributed by atoms with van der Waals surface area (Å²) in [7, 11) is 0. The van der Waals surface area contributed by atoms with Crippen LogP contribution in [0.3, 0.4) is 0 Å². The molecule has 1 fully saturated rings. The maximum absolute atomic E-state index is 13.2. The summed E-state index contributed by atoms with van der Waals surface area (Å²) in [6, 6.07) is 9.99. The van der Waals surface area contributed by atoms with Crippen LogP contribution < -0.4 is 5.32 Å². The fourth-order valence-electron chi connectivity index (χ4n) is 2.31. The number of aromatic amines is 1. The van der Waals surface area contributed by atoms with Crippen molar-refractivity contribution in [3.05, 3.63) is 64.2 Å². The van der Waals surface area contributed by atoms with Gasteiger partial charge in [-0.1, -0.05) is 24.4 Å². The number of nitrogens with one attached hydrogen (secondary N) is 2. The Morgan fingerprint density at radius 2 is 2.20 bits per heavy atom. The Hall–Kier alpha value is -2.01. The fraction of sp³-hybridized carbons (Fsp3) is 0.200. The minimum absolute atomic E-state index is 0.0545. The lowest BCUT2D eigenvalue weighted by atomic mass is 10.1. The van der Waals surface area contributed by atoms with E-state index in [-0.39, 0.29) is 23.7 Å². The highest BCUT2D eigenvalue weighted by molar-refractivity contribution is 7.71. The van der Waals surface area contributed by atoms with Gasteiger partial charge in [-0.2, -0.15) is 0 Å². The van der Waals surface area contributed by atoms with Gasteiger partial charge >= 0.3 is 0 Å². The number of rotatable bonds is 3. The highest BCUT2D eigenvalue weighted by Gasteiger charge is 2.39. The molecule has 2 aromatic rings. The Labute approximate surface area is 120 Å². The van der Waals surface area contributed by atoms with Gasteiger partial charge in [0.05, 0.1) is 5.56 Å². The molecule has 0 saturated heterocycles. The first kappa shape index (κ1) is 13.0. The molecule has 20 heavy (non-hydrogen) atoms. The minimum atomic E-state index is -0.245. The quantitative estimate of drug-likeness (QED) is 0.852. The van der Waals surface area contributed by atoms with E-state index in [0.29, 0.717) is 10.2 Å². The second-order valence-corrected chi connectivity index (χ2v) is 5.30. The van der Waals surface area contributed by atoms with Gasteiger partial charge < -0.3 is 10.3 Å². The average molecular weight is 288 g/mol. The van der Waals surface area contributed by atoms with Gasteiger partial charge in [0, 0.05) is 18.2 Å². The number of aromatic nitrogens is 1. The third-order valence-corrected chi connectivity index (χ3v) is 3.78. The predicted octanol–water partition coefficient (Wildman–Crippen LogP) is 3.17. The summed E-state index contributed by atoms with van der Waals surface area (Å²) < 4.78 is 13.6. The van der Waals surface area contributed by atoms with E-state index in [2.05, 4.69) is 10.3 Å². The number of benzene rings is 1. The van der Waals surface area contributed by atoms with Crippen LogP contribution >= 0.6 is 12.2 Å². The first-order valence-electron chi connectivity index (χ1n) is 6.39. The molecule has 1 aliphatic rings. The maximum atomic E-state index is 13.2. The molecule has 2 atom stereocenters. The number of carbonyl (C=O) groups excluding carboxylic acids is 1. The molecular formula is C15H13FN2OS. The van der Waals surface area contributed by atoms with E-state index in [9.17, 15) is 9.18 Å². The second-order valence-electron chi connectivity index (χ2n) is 4.89. The topological polar surface area (TPSA) is 44.9 Å². The van der Waals surface area contributed by atoms with Crippen LogP contribution in [0.5, 0.6) is 0 Å². The van der Waals surface area contributed by atoms with Crippen LogP contribution in [0.15, 0.2) is 42.6 Å². The van der Waals surface area contributed by atoms with E-state index in [0.717, 1.165) is 12.0 Å². The van der Waals surface area contributed by atoms with Crippen LogP contribution in [0.25, 0.3) is 0 Å². The lowest BCUT2D eigenvalue weighted by Crippen LogP contribution is -2.27. The fourth-order valence-corrected chi connectivity index (χ4v) is 2.54. The molecule has 0 bridgehead atoms. The number of hydrogen-bond donors (Lipinski definition) is 2. The molecule has 0 spiro atoms. The van der Waals surface area contributed by atoms with E-state index >= 15 is 0 Å². The van der Waals surface area contributed by atoms with Crippen molar-refractivity contribution in [1.82, 2.24) is 10.3 Å². The van der Waals surface area contributed by atoms with Crippen molar-refractivity contribution in [2.24, 2.45) is 0 Å². The number of halogens is 1. The van der Waals surface area contributed by atoms with E-state index in [4.69, 9.17) is 12.2 Å². The Balaban J connectivity index is 1.68. The number of pyridine rings is 1. The zero-order chi connectivity index (χ0) is 14.1. The molecule has 5 heteroatoms. The Bertz CT molecular complexity index is 713. The normalized spacial score (nSPS) is 20.4. The smallest absolute Gasteiger partial charge is 0.254 e. The summed E-state index contributed by atoms with van der Waals surface area (Å²) in [5.74, 6) is -0.239. The molecule has 102 valence electrons. The number of amides is 1. The third kappa shape index (κ3) is 2.63. The zero-order valence-corrected chi connectivity index (χ0v) is 11.4. The SMILES string of the molecule is O=C(N[C@H]1C[C@H]1c1cccc(F)c1)c1ccc[nH]c1=S. The van der Waals surface area contributed by atoms with Crippen molar-refractivity contribution in [3.63, 3.8) is 0 Å². The van der Waals surface area contributed by atoms with Crippen LogP contribution in [0.1, 0.15) is 28.3 Å². The van der Waals surface area contributed by atoms with Crippen molar-refractivity contribution >= 4 is 18.1 Å². The van der Waals surface area contributed by atoms with Crippen molar-refractivity contribution < 1.29 is 9.18 Å². The summed E-state index contributed by atoms with van der Waals surface area (Å²) in [6.07, 6.45) is 2.52. The van der Waals surface area contributed by atoms with Crippen LogP contribution in [-0.4, -0.2) is 16.9 Å². The molecule has 3 rings (SSSR count). The molecule has 1 aromatic carbocycles. The molecular weight excluding hydrogens is 275 g/mol. The van der Waals surface area contributed by atoms with Crippen LogP contribution in [-0.2, 0) is 0 Å². The van der Waals surface area contributed by atoms with Crippen molar-refractivity contribution in [2.45, 2.75) is 18.4 Å². The molecule has 1 heterocycles. The van der Waals surface area contributed by atoms with Crippen LogP contribution in [0, 0.1) is 10.5 Å². The van der Waals surface area contributed by atoms with E-state index in [1.165, 1.54) is 12.1 Å². The number of hydrogen-bond acceptors (Lipinski definition) is 2. The van der Waals surface area contributed by atoms with Gasteiger partial charge in [-0.25, -0.2) is 4.39 Å². The van der Waals surface area contributed by atoms with Crippen LogP contribution in [0.4, 0.5) is 4.39 Å². The summed E-state index contributed by atoms with van der Waals surface area (Å²) >= 11 is 5.08. The standard InChI is InChI=1S/C15H13FN2OS/c16-10-4-1-3-9(7-10)12-8-13(12)18-14(19)11-5-2-6-17-15(11)20/h1-7,12-13H,8H2,(H,17,20)(H,18,19)/t12-,13-/m0/s1. The van der Waals surface area contributed by atoms with E-state index < -0.39 is 0 Å². The highest BCUT2D eigenvalue weighted by Crippen LogP contribution is 2.41. The summed E-state index contributed by atoms with van der Waals surface area (Å²) in [6.45, 7) is 0. The van der Waals surface area contributed by atoms with E-state index in [1.54, 1.807) is 24.4 Å². The van der Waals surface area contributed by atoms with Crippen LogP contribution in [0.2, 0.25) is 0 Å². The van der Waals surface area contributed by atoms with Gasteiger partial charge in [-0.3, -0.25) is 4.79 Å². The Morgan fingerprint density at radius 3 is 2.95 bits per heavy atom. The van der Waals surface area contributed by atoms with Gasteiger partial charge in [0.2, 0.25) is 0 Å². The monoisotopic (exact) mass is 288 g/mol. The van der Waals surface area contributed by atoms with E-state index in [1.807, 2.05) is 6.07 Å². The van der Waals surface area contributed by atoms with Gasteiger partial charge in [0.25, 0.3) is 5.91 Å². The first-order chi connectivity index (χ1) is 9.65.